The third-order valence-corrected chi connectivity index (χ3v) is 3.13. The molecule has 3 aromatic rings. The molecule has 0 saturated carbocycles. The van der Waals surface area contributed by atoms with Gasteiger partial charge in [0, 0.05) is 11.8 Å². The minimum Gasteiger partial charge on any atom is -0.491 e. The van der Waals surface area contributed by atoms with E-state index in [4.69, 9.17) is 0 Å². The third-order valence-electron chi connectivity index (χ3n) is 3.13. The average Bonchev–Trinajstić information content (AvgIpc) is 2.47. The molecule has 4 nitrogen and oxygen atoms in total. The summed E-state index contributed by atoms with van der Waals surface area (Å²) in [6.45, 7) is 0. The fourth-order valence-corrected chi connectivity index (χ4v) is 2.15. The van der Waals surface area contributed by atoms with Crippen molar-refractivity contribution in [2.24, 2.45) is 0 Å². The Morgan fingerprint density at radius 2 is 1.90 bits per heavy atom. The maximum atomic E-state index is 13.7. The summed E-state index contributed by atoms with van der Waals surface area (Å²) >= 11 is 0. The molecule has 3 rings (SSSR count). The van der Waals surface area contributed by atoms with Crippen molar-refractivity contribution >= 4 is 10.9 Å². The van der Waals surface area contributed by atoms with Gasteiger partial charge in [0.25, 0.3) is 5.56 Å². The van der Waals surface area contributed by atoms with E-state index >= 15 is 0 Å². The van der Waals surface area contributed by atoms with Gasteiger partial charge >= 0.3 is 0 Å². The third kappa shape index (κ3) is 2.24. The number of pyridine rings is 2. The number of fused-ring (bicyclic) bond motifs is 1. The summed E-state index contributed by atoms with van der Waals surface area (Å²) in [6, 6.07) is 7.03. The van der Waals surface area contributed by atoms with E-state index in [1.54, 1.807) is 24.4 Å². The first-order chi connectivity index (χ1) is 10.1. The molecule has 0 saturated heterocycles. The molecule has 6 heteroatoms. The summed E-state index contributed by atoms with van der Waals surface area (Å²) in [5, 5.41) is 0.413. The van der Waals surface area contributed by atoms with Gasteiger partial charge in [0.2, 0.25) is 0 Å². The number of methoxy groups -OCH3 is 1. The summed E-state index contributed by atoms with van der Waals surface area (Å²) in [4.78, 5) is 18.6. The normalized spacial score (nSPS) is 10.8. The molecule has 0 amide bonds. The molecule has 0 bridgehead atoms. The molecular weight excluding hydrogens is 278 g/mol. The van der Waals surface area contributed by atoms with Gasteiger partial charge in [-0.2, -0.15) is 0 Å². The zero-order valence-electron chi connectivity index (χ0n) is 11.0. The summed E-state index contributed by atoms with van der Waals surface area (Å²) in [5.74, 6) is -2.14. The number of H-pyrrole nitrogens is 1. The monoisotopic (exact) mass is 288 g/mol. The van der Waals surface area contributed by atoms with Crippen LogP contribution in [0, 0.1) is 11.6 Å². The summed E-state index contributed by atoms with van der Waals surface area (Å²) in [5.41, 5.74) is 0.572. The minimum absolute atomic E-state index is 0.204. The van der Waals surface area contributed by atoms with E-state index in [-0.39, 0.29) is 16.8 Å². The maximum absolute atomic E-state index is 13.7. The number of nitrogens with one attached hydrogen (secondary N) is 1. The Labute approximate surface area is 118 Å². The predicted molar refractivity (Wildman–Crippen MR) is 74.3 cm³/mol. The number of aromatic nitrogens is 2. The molecule has 1 N–H and O–H groups in total. The lowest BCUT2D eigenvalue weighted by atomic mass is 10.1. The highest BCUT2D eigenvalue weighted by Gasteiger charge is 2.13. The topological polar surface area (TPSA) is 55.0 Å². The average molecular weight is 288 g/mol. The van der Waals surface area contributed by atoms with Crippen LogP contribution < -0.4 is 10.3 Å². The largest absolute Gasteiger partial charge is 0.491 e. The lowest BCUT2D eigenvalue weighted by molar-refractivity contribution is 0.360. The highest BCUT2D eigenvalue weighted by atomic mass is 19.1. The van der Waals surface area contributed by atoms with Crippen LogP contribution in [0.15, 0.2) is 41.3 Å². The second-order valence-electron chi connectivity index (χ2n) is 4.42. The smallest absolute Gasteiger partial charge is 0.257 e. The van der Waals surface area contributed by atoms with Gasteiger partial charge in [-0.25, -0.2) is 8.78 Å². The van der Waals surface area contributed by atoms with Gasteiger partial charge in [0.15, 0.2) is 17.4 Å². The van der Waals surface area contributed by atoms with Crippen LogP contribution in [-0.2, 0) is 0 Å². The van der Waals surface area contributed by atoms with Crippen LogP contribution in [0.5, 0.6) is 5.75 Å². The Morgan fingerprint density at radius 1 is 1.19 bits per heavy atom. The van der Waals surface area contributed by atoms with Gasteiger partial charge in [-0.15, -0.1) is 0 Å². The second kappa shape index (κ2) is 4.97. The van der Waals surface area contributed by atoms with Crippen LogP contribution in [0.25, 0.3) is 22.2 Å². The second-order valence-corrected chi connectivity index (χ2v) is 4.42. The van der Waals surface area contributed by atoms with Gasteiger partial charge in [0.05, 0.1) is 23.7 Å². The van der Waals surface area contributed by atoms with Crippen molar-refractivity contribution in [1.82, 2.24) is 9.97 Å². The van der Waals surface area contributed by atoms with E-state index in [0.29, 0.717) is 10.9 Å². The van der Waals surface area contributed by atoms with Crippen molar-refractivity contribution in [2.75, 3.05) is 7.11 Å². The molecule has 2 heterocycles. The molecule has 2 aromatic heterocycles. The van der Waals surface area contributed by atoms with E-state index < -0.39 is 17.4 Å². The summed E-state index contributed by atoms with van der Waals surface area (Å²) in [7, 11) is 1.18. The molecule has 0 aliphatic rings. The molecule has 106 valence electrons. The van der Waals surface area contributed by atoms with Gasteiger partial charge in [-0.1, -0.05) is 0 Å². The molecule has 0 atom stereocenters. The van der Waals surface area contributed by atoms with Crippen molar-refractivity contribution in [2.45, 2.75) is 0 Å². The highest BCUT2D eigenvalue weighted by molar-refractivity contribution is 5.81. The van der Waals surface area contributed by atoms with Crippen LogP contribution in [-0.4, -0.2) is 17.1 Å². The van der Waals surface area contributed by atoms with Crippen molar-refractivity contribution < 1.29 is 13.5 Å². The molecule has 0 aliphatic heterocycles. The quantitative estimate of drug-likeness (QED) is 0.789. The predicted octanol–water partition coefficient (Wildman–Crippen LogP) is 2.88. The van der Waals surface area contributed by atoms with Crippen LogP contribution in [0.4, 0.5) is 8.78 Å². The molecular formula is C15H10F2N2O2. The number of nitrogens with zero attached hydrogens (tertiary/aromatic N) is 1. The van der Waals surface area contributed by atoms with Crippen molar-refractivity contribution in [3.8, 4) is 17.0 Å². The standard InChI is InChI=1S/C15H10F2N2O2/c1-21-14-10(16)5-8(6-11(14)17)12-7-13-9(15(20)19-12)3-2-4-18-13/h2-7H,1H3,(H,19,20). The minimum atomic E-state index is -0.838. The Morgan fingerprint density at radius 3 is 2.57 bits per heavy atom. The number of aromatic amines is 1. The zero-order valence-corrected chi connectivity index (χ0v) is 11.0. The molecule has 0 spiro atoms. The van der Waals surface area contributed by atoms with Crippen molar-refractivity contribution in [1.29, 1.82) is 0 Å². The lowest BCUT2D eigenvalue weighted by Crippen LogP contribution is -2.08. The number of hydrogen-bond donors (Lipinski definition) is 1. The zero-order chi connectivity index (χ0) is 15.0. The van der Waals surface area contributed by atoms with Crippen LogP contribution in [0.1, 0.15) is 0 Å². The molecule has 0 aliphatic carbocycles. The SMILES string of the molecule is COc1c(F)cc(-c2cc3ncccc3c(=O)[nH]2)cc1F. The van der Waals surface area contributed by atoms with Gasteiger partial charge in [0.1, 0.15) is 0 Å². The Bertz CT molecular complexity index is 867. The van der Waals surface area contributed by atoms with E-state index in [0.717, 1.165) is 12.1 Å². The van der Waals surface area contributed by atoms with E-state index in [1.807, 2.05) is 0 Å². The molecule has 1 aromatic carbocycles. The Kier molecular flexibility index (Phi) is 3.13. The van der Waals surface area contributed by atoms with Crippen LogP contribution in [0.3, 0.4) is 0 Å². The number of rotatable bonds is 2. The summed E-state index contributed by atoms with van der Waals surface area (Å²) in [6.07, 6.45) is 1.54. The van der Waals surface area contributed by atoms with E-state index in [1.165, 1.54) is 7.11 Å². The first kappa shape index (κ1) is 13.2. The number of benzene rings is 1. The Hall–Kier alpha value is -2.76. The van der Waals surface area contributed by atoms with E-state index in [9.17, 15) is 13.6 Å². The first-order valence-electron chi connectivity index (χ1n) is 6.11. The summed E-state index contributed by atoms with van der Waals surface area (Å²) < 4.78 is 32.1. The van der Waals surface area contributed by atoms with Gasteiger partial charge < -0.3 is 9.72 Å². The van der Waals surface area contributed by atoms with Gasteiger partial charge in [-0.05, 0) is 30.3 Å². The number of ether oxygens (including phenoxy) is 1. The fourth-order valence-electron chi connectivity index (χ4n) is 2.15. The molecule has 0 fully saturated rings. The molecule has 0 radical (unpaired) electrons. The molecule has 0 unspecified atom stereocenters. The van der Waals surface area contributed by atoms with Crippen molar-refractivity contribution in [3.63, 3.8) is 0 Å². The first-order valence-corrected chi connectivity index (χ1v) is 6.11. The molecule has 21 heavy (non-hydrogen) atoms. The highest BCUT2D eigenvalue weighted by Crippen LogP contribution is 2.28. The van der Waals surface area contributed by atoms with Crippen LogP contribution >= 0.6 is 0 Å². The fraction of sp³-hybridized carbons (Fsp3) is 0.0667. The number of hydrogen-bond acceptors (Lipinski definition) is 3. The van der Waals surface area contributed by atoms with Gasteiger partial charge in [-0.3, -0.25) is 9.78 Å². The number of halogens is 2. The van der Waals surface area contributed by atoms with Crippen molar-refractivity contribution in [3.05, 3.63) is 58.5 Å². The van der Waals surface area contributed by atoms with E-state index in [2.05, 4.69) is 14.7 Å². The lowest BCUT2D eigenvalue weighted by Gasteiger charge is -2.07. The van der Waals surface area contributed by atoms with Crippen LogP contribution in [0.2, 0.25) is 0 Å². The maximum Gasteiger partial charge on any atom is 0.257 e. The Balaban J connectivity index is 2.23.